The lowest BCUT2D eigenvalue weighted by atomic mass is 10.1. The van der Waals surface area contributed by atoms with Gasteiger partial charge in [-0.2, -0.15) is 0 Å². The van der Waals surface area contributed by atoms with Gasteiger partial charge in [-0.15, -0.1) is 0 Å². The van der Waals surface area contributed by atoms with Gasteiger partial charge in [-0.05, 0) is 35.4 Å². The quantitative estimate of drug-likeness (QED) is 0.450. The van der Waals surface area contributed by atoms with Crippen LogP contribution in [-0.2, 0) is 0 Å². The fourth-order valence-corrected chi connectivity index (χ4v) is 2.00. The van der Waals surface area contributed by atoms with Crippen molar-refractivity contribution in [2.24, 2.45) is 0 Å². The molecule has 0 aliphatic carbocycles. The molecule has 0 aromatic heterocycles. The SMILES string of the molecule is O=[N+]([O-])c1ccc(/C=C/c2ccc(Cl)cc2Cl)cc1. The molecule has 3 nitrogen and oxygen atoms in total. The van der Waals surface area contributed by atoms with Crippen LogP contribution in [0.1, 0.15) is 11.1 Å². The number of hydrogen-bond donors (Lipinski definition) is 0. The van der Waals surface area contributed by atoms with Gasteiger partial charge < -0.3 is 0 Å². The first kappa shape index (κ1) is 13.6. The Bertz CT molecular complexity index is 636. The summed E-state index contributed by atoms with van der Waals surface area (Å²) in [6, 6.07) is 11.5. The van der Waals surface area contributed by atoms with Crippen molar-refractivity contribution in [1.29, 1.82) is 0 Å². The zero-order valence-electron chi connectivity index (χ0n) is 9.72. The number of nitro groups is 1. The second-order valence-corrected chi connectivity index (χ2v) is 4.69. The Hall–Kier alpha value is -1.84. The molecule has 0 bridgehead atoms. The molecule has 0 aliphatic rings. The minimum Gasteiger partial charge on any atom is -0.258 e. The molecule has 0 saturated heterocycles. The maximum atomic E-state index is 10.5. The van der Waals surface area contributed by atoms with Gasteiger partial charge in [-0.1, -0.05) is 41.4 Å². The summed E-state index contributed by atoms with van der Waals surface area (Å²) in [6.45, 7) is 0. The van der Waals surface area contributed by atoms with Gasteiger partial charge in [0, 0.05) is 22.2 Å². The molecule has 96 valence electrons. The van der Waals surface area contributed by atoms with Crippen LogP contribution in [0.3, 0.4) is 0 Å². The van der Waals surface area contributed by atoms with Crippen molar-refractivity contribution in [3.8, 4) is 0 Å². The predicted octanol–water partition coefficient (Wildman–Crippen LogP) is 5.07. The molecule has 2 aromatic rings. The first-order valence-electron chi connectivity index (χ1n) is 5.44. The Balaban J connectivity index is 2.20. The van der Waals surface area contributed by atoms with E-state index in [0.717, 1.165) is 11.1 Å². The highest BCUT2D eigenvalue weighted by Gasteiger charge is 2.02. The fraction of sp³-hybridized carbons (Fsp3) is 0. The molecule has 0 N–H and O–H groups in total. The molecule has 0 fully saturated rings. The summed E-state index contributed by atoms with van der Waals surface area (Å²) < 4.78 is 0. The first-order valence-corrected chi connectivity index (χ1v) is 6.19. The van der Waals surface area contributed by atoms with E-state index in [2.05, 4.69) is 0 Å². The van der Waals surface area contributed by atoms with E-state index in [1.807, 2.05) is 18.2 Å². The third kappa shape index (κ3) is 3.56. The van der Waals surface area contributed by atoms with Crippen molar-refractivity contribution in [3.63, 3.8) is 0 Å². The average molecular weight is 294 g/mol. The molecule has 0 unspecified atom stereocenters. The van der Waals surface area contributed by atoms with Gasteiger partial charge in [-0.25, -0.2) is 0 Å². The largest absolute Gasteiger partial charge is 0.269 e. The van der Waals surface area contributed by atoms with Gasteiger partial charge in [0.25, 0.3) is 5.69 Å². The van der Waals surface area contributed by atoms with E-state index in [1.165, 1.54) is 12.1 Å². The van der Waals surface area contributed by atoms with Crippen LogP contribution in [0.2, 0.25) is 10.0 Å². The van der Waals surface area contributed by atoms with Crippen LogP contribution in [0.15, 0.2) is 42.5 Å². The molecular formula is C14H9Cl2NO2. The van der Waals surface area contributed by atoms with E-state index in [4.69, 9.17) is 23.2 Å². The van der Waals surface area contributed by atoms with Crippen LogP contribution < -0.4 is 0 Å². The second-order valence-electron chi connectivity index (χ2n) is 3.85. The Morgan fingerprint density at radius 2 is 1.68 bits per heavy atom. The third-order valence-corrected chi connectivity index (χ3v) is 3.08. The van der Waals surface area contributed by atoms with E-state index in [1.54, 1.807) is 24.3 Å². The van der Waals surface area contributed by atoms with Gasteiger partial charge in [0.1, 0.15) is 0 Å². The Morgan fingerprint density at radius 1 is 1.00 bits per heavy atom. The van der Waals surface area contributed by atoms with Gasteiger partial charge in [0.05, 0.1) is 4.92 Å². The van der Waals surface area contributed by atoms with Gasteiger partial charge in [0.2, 0.25) is 0 Å². The van der Waals surface area contributed by atoms with E-state index in [0.29, 0.717) is 10.0 Å². The fourth-order valence-electron chi connectivity index (χ4n) is 1.53. The standard InChI is InChI=1S/C14H9Cl2NO2/c15-12-6-5-11(14(16)9-12)4-1-10-2-7-13(8-3-10)17(18)19/h1-9H/b4-1+. The van der Waals surface area contributed by atoms with Crippen LogP contribution in [0.25, 0.3) is 12.2 Å². The highest BCUT2D eigenvalue weighted by molar-refractivity contribution is 6.35. The molecule has 0 saturated carbocycles. The molecule has 0 heterocycles. The number of rotatable bonds is 3. The zero-order chi connectivity index (χ0) is 13.8. The van der Waals surface area contributed by atoms with E-state index < -0.39 is 4.92 Å². The average Bonchev–Trinajstić information content (AvgIpc) is 2.38. The monoisotopic (exact) mass is 293 g/mol. The molecule has 2 rings (SSSR count). The van der Waals surface area contributed by atoms with Crippen LogP contribution in [0.5, 0.6) is 0 Å². The number of nitrogens with zero attached hydrogens (tertiary/aromatic N) is 1. The number of non-ortho nitro benzene ring substituents is 1. The Labute approximate surface area is 120 Å². The van der Waals surface area contributed by atoms with Gasteiger partial charge >= 0.3 is 0 Å². The van der Waals surface area contributed by atoms with Crippen LogP contribution >= 0.6 is 23.2 Å². The molecular weight excluding hydrogens is 285 g/mol. The van der Waals surface area contributed by atoms with Crippen LogP contribution in [0.4, 0.5) is 5.69 Å². The first-order chi connectivity index (χ1) is 9.06. The molecule has 0 spiro atoms. The number of benzene rings is 2. The lowest BCUT2D eigenvalue weighted by Gasteiger charge is -1.99. The number of hydrogen-bond acceptors (Lipinski definition) is 2. The summed E-state index contributed by atoms with van der Waals surface area (Å²) in [5, 5.41) is 11.7. The van der Waals surface area contributed by atoms with Crippen molar-refractivity contribution in [2.75, 3.05) is 0 Å². The maximum absolute atomic E-state index is 10.5. The Morgan fingerprint density at radius 3 is 2.26 bits per heavy atom. The van der Waals surface area contributed by atoms with E-state index in [-0.39, 0.29) is 5.69 Å². The maximum Gasteiger partial charge on any atom is 0.269 e. The summed E-state index contributed by atoms with van der Waals surface area (Å²) >= 11 is 11.8. The highest BCUT2D eigenvalue weighted by Crippen LogP contribution is 2.23. The van der Waals surface area contributed by atoms with Crippen LogP contribution in [-0.4, -0.2) is 4.92 Å². The summed E-state index contributed by atoms with van der Waals surface area (Å²) in [4.78, 5) is 10.1. The number of nitro benzene ring substituents is 1. The highest BCUT2D eigenvalue weighted by atomic mass is 35.5. The summed E-state index contributed by atoms with van der Waals surface area (Å²) in [7, 11) is 0. The van der Waals surface area contributed by atoms with Crippen molar-refractivity contribution in [1.82, 2.24) is 0 Å². The minimum atomic E-state index is -0.427. The van der Waals surface area contributed by atoms with Crippen molar-refractivity contribution in [3.05, 3.63) is 73.8 Å². The lowest BCUT2D eigenvalue weighted by Crippen LogP contribution is -1.86. The van der Waals surface area contributed by atoms with Gasteiger partial charge in [0.15, 0.2) is 0 Å². The Kier molecular flexibility index (Phi) is 4.20. The van der Waals surface area contributed by atoms with E-state index >= 15 is 0 Å². The van der Waals surface area contributed by atoms with Crippen LogP contribution in [0, 0.1) is 10.1 Å². The summed E-state index contributed by atoms with van der Waals surface area (Å²) in [6.07, 6.45) is 3.67. The second kappa shape index (κ2) is 5.87. The number of halogens is 2. The zero-order valence-corrected chi connectivity index (χ0v) is 11.2. The summed E-state index contributed by atoms with van der Waals surface area (Å²) in [5.41, 5.74) is 1.77. The minimum absolute atomic E-state index is 0.0710. The van der Waals surface area contributed by atoms with Crippen molar-refractivity contribution in [2.45, 2.75) is 0 Å². The topological polar surface area (TPSA) is 43.1 Å². The summed E-state index contributed by atoms with van der Waals surface area (Å²) in [5.74, 6) is 0. The predicted molar refractivity (Wildman–Crippen MR) is 78.5 cm³/mol. The van der Waals surface area contributed by atoms with Crippen molar-refractivity contribution >= 4 is 41.0 Å². The van der Waals surface area contributed by atoms with E-state index in [9.17, 15) is 10.1 Å². The molecule has 19 heavy (non-hydrogen) atoms. The van der Waals surface area contributed by atoms with Crippen molar-refractivity contribution < 1.29 is 4.92 Å². The molecule has 0 radical (unpaired) electrons. The third-order valence-electron chi connectivity index (χ3n) is 2.52. The molecule has 0 atom stereocenters. The van der Waals surface area contributed by atoms with Gasteiger partial charge in [-0.3, -0.25) is 10.1 Å². The molecule has 0 aliphatic heterocycles. The molecule has 5 heteroatoms. The smallest absolute Gasteiger partial charge is 0.258 e. The molecule has 2 aromatic carbocycles. The molecule has 0 amide bonds. The lowest BCUT2D eigenvalue weighted by molar-refractivity contribution is -0.384. The normalized spacial score (nSPS) is 10.8.